The Labute approximate surface area is 170 Å². The molecule has 1 saturated carbocycles. The van der Waals surface area contributed by atoms with Crippen molar-refractivity contribution in [2.45, 2.75) is 44.3 Å². The van der Waals surface area contributed by atoms with E-state index in [0.29, 0.717) is 11.5 Å². The van der Waals surface area contributed by atoms with Crippen LogP contribution in [0, 0.1) is 0 Å². The predicted octanol–water partition coefficient (Wildman–Crippen LogP) is 3.05. The van der Waals surface area contributed by atoms with Crippen LogP contribution in [0.1, 0.15) is 37.7 Å². The molecule has 1 aromatic carbocycles. The lowest BCUT2D eigenvalue weighted by molar-refractivity contribution is -0.144. The van der Waals surface area contributed by atoms with Gasteiger partial charge in [-0.3, -0.25) is 0 Å². The van der Waals surface area contributed by atoms with Gasteiger partial charge in [0.05, 0.1) is 7.11 Å². The number of aliphatic hydroxyl groups excluding tert-OH is 1. The fourth-order valence-corrected chi connectivity index (χ4v) is 2.93. The largest absolute Gasteiger partial charge is 0.493 e. The first-order valence-corrected chi connectivity index (χ1v) is 9.68. The van der Waals surface area contributed by atoms with Crippen molar-refractivity contribution in [1.29, 1.82) is 0 Å². The molecule has 1 N–H and O–H groups in total. The van der Waals surface area contributed by atoms with E-state index in [1.54, 1.807) is 24.3 Å². The fourth-order valence-electron chi connectivity index (χ4n) is 2.93. The van der Waals surface area contributed by atoms with E-state index in [0.717, 1.165) is 37.3 Å². The minimum atomic E-state index is -0.988. The van der Waals surface area contributed by atoms with Gasteiger partial charge in [0, 0.05) is 12.2 Å². The third-order valence-electron chi connectivity index (χ3n) is 4.45. The zero-order chi connectivity index (χ0) is 21.1. The van der Waals surface area contributed by atoms with Crippen LogP contribution in [0.15, 0.2) is 36.9 Å². The number of carbonyl (C=O) groups is 2. The summed E-state index contributed by atoms with van der Waals surface area (Å²) in [4.78, 5) is 23.0. The molecule has 7 nitrogen and oxygen atoms in total. The average molecular weight is 404 g/mol. The molecule has 0 bridgehead atoms. The van der Waals surface area contributed by atoms with Gasteiger partial charge in [0.2, 0.25) is 0 Å². The topological polar surface area (TPSA) is 91.3 Å². The van der Waals surface area contributed by atoms with Crippen LogP contribution >= 0.6 is 0 Å². The second-order valence-corrected chi connectivity index (χ2v) is 6.74. The molecule has 1 fully saturated rings. The summed E-state index contributed by atoms with van der Waals surface area (Å²) in [7, 11) is 1.50. The summed E-state index contributed by atoms with van der Waals surface area (Å²) in [6.45, 7) is 3.00. The molecule has 2 rings (SSSR count). The minimum absolute atomic E-state index is 0.0170. The number of methoxy groups -OCH3 is 1. The van der Waals surface area contributed by atoms with E-state index in [9.17, 15) is 14.7 Å². The molecule has 1 atom stereocenters. The number of hydrogen-bond donors (Lipinski definition) is 1. The van der Waals surface area contributed by atoms with Crippen LogP contribution < -0.4 is 9.47 Å². The molecule has 7 heteroatoms. The van der Waals surface area contributed by atoms with E-state index < -0.39 is 12.1 Å². The Balaban J connectivity index is 1.87. The van der Waals surface area contributed by atoms with E-state index in [-0.39, 0.29) is 25.3 Å². The highest BCUT2D eigenvalue weighted by atomic mass is 16.6. The summed E-state index contributed by atoms with van der Waals surface area (Å²) < 4.78 is 21.0. The van der Waals surface area contributed by atoms with Gasteiger partial charge < -0.3 is 24.1 Å². The van der Waals surface area contributed by atoms with Crippen molar-refractivity contribution in [2.75, 3.05) is 20.3 Å². The van der Waals surface area contributed by atoms with Crippen LogP contribution in [0.25, 0.3) is 6.08 Å². The molecule has 1 unspecified atom stereocenters. The highest BCUT2D eigenvalue weighted by molar-refractivity contribution is 5.87. The second kappa shape index (κ2) is 11.9. The second-order valence-electron chi connectivity index (χ2n) is 6.74. The molecular formula is C22H28O7. The normalized spacial score (nSPS) is 15.5. The number of carbonyl (C=O) groups excluding carboxylic acids is 2. The molecule has 0 heterocycles. The summed E-state index contributed by atoms with van der Waals surface area (Å²) in [5.41, 5.74) is 0.746. The van der Waals surface area contributed by atoms with Crippen LogP contribution in [0.3, 0.4) is 0 Å². The lowest BCUT2D eigenvalue weighted by Gasteiger charge is -2.20. The van der Waals surface area contributed by atoms with Crippen molar-refractivity contribution in [3.8, 4) is 11.5 Å². The van der Waals surface area contributed by atoms with E-state index in [1.807, 2.05) is 0 Å². The Kier molecular flexibility index (Phi) is 9.24. The van der Waals surface area contributed by atoms with Gasteiger partial charge in [-0.2, -0.15) is 0 Å². The Bertz CT molecular complexity index is 720. The van der Waals surface area contributed by atoms with E-state index in [1.165, 1.54) is 19.6 Å². The van der Waals surface area contributed by atoms with Crippen molar-refractivity contribution >= 4 is 18.0 Å². The van der Waals surface area contributed by atoms with Gasteiger partial charge in [0.15, 0.2) is 11.5 Å². The maximum Gasteiger partial charge on any atom is 0.331 e. The van der Waals surface area contributed by atoms with Crippen LogP contribution in [0.4, 0.5) is 0 Å². The van der Waals surface area contributed by atoms with Gasteiger partial charge in [-0.25, -0.2) is 9.59 Å². The van der Waals surface area contributed by atoms with Crippen molar-refractivity contribution in [3.05, 3.63) is 42.5 Å². The van der Waals surface area contributed by atoms with Crippen molar-refractivity contribution in [2.24, 2.45) is 0 Å². The van der Waals surface area contributed by atoms with Gasteiger partial charge in [0.25, 0.3) is 0 Å². The summed E-state index contributed by atoms with van der Waals surface area (Å²) in [5.74, 6) is -0.0974. The molecule has 0 saturated heterocycles. The fraction of sp³-hybridized carbons (Fsp3) is 0.455. The molecule has 158 valence electrons. The van der Waals surface area contributed by atoms with Crippen LogP contribution in [0.2, 0.25) is 0 Å². The molecule has 1 aromatic rings. The van der Waals surface area contributed by atoms with Crippen LogP contribution in [-0.4, -0.2) is 49.6 Å². The third kappa shape index (κ3) is 7.99. The molecule has 29 heavy (non-hydrogen) atoms. The summed E-state index contributed by atoms with van der Waals surface area (Å²) >= 11 is 0. The quantitative estimate of drug-likeness (QED) is 0.473. The number of ether oxygens (including phenoxy) is 4. The molecule has 0 spiro atoms. The number of aliphatic hydroxyl groups is 1. The maximum absolute atomic E-state index is 12.0. The SMILES string of the molecule is C=CC(=O)OCC(O)COc1ccc(/C=C/C(=O)OC2CCCCC2)cc1OC. The van der Waals surface area contributed by atoms with E-state index in [4.69, 9.17) is 18.9 Å². The standard InChI is InChI=1S/C22H28O7/c1-3-21(24)28-15-17(23)14-27-19-11-9-16(13-20(19)26-2)10-12-22(25)29-18-7-5-4-6-8-18/h3,9-13,17-18,23H,1,4-8,14-15H2,2H3/b12-10+. The first-order chi connectivity index (χ1) is 14.0. The van der Waals surface area contributed by atoms with E-state index in [2.05, 4.69) is 6.58 Å². The third-order valence-corrected chi connectivity index (χ3v) is 4.45. The Hall–Kier alpha value is -2.80. The molecule has 0 aliphatic heterocycles. The first kappa shape index (κ1) is 22.5. The van der Waals surface area contributed by atoms with Gasteiger partial charge >= 0.3 is 11.9 Å². The minimum Gasteiger partial charge on any atom is -0.493 e. The van der Waals surface area contributed by atoms with Crippen molar-refractivity contribution in [3.63, 3.8) is 0 Å². The maximum atomic E-state index is 12.0. The monoisotopic (exact) mass is 404 g/mol. The molecule has 0 amide bonds. The van der Waals surface area contributed by atoms with E-state index >= 15 is 0 Å². The van der Waals surface area contributed by atoms with Gasteiger partial charge in [-0.05, 0) is 49.5 Å². The lowest BCUT2D eigenvalue weighted by Crippen LogP contribution is -2.24. The summed E-state index contributed by atoms with van der Waals surface area (Å²) in [6.07, 6.45) is 8.38. The van der Waals surface area contributed by atoms with Gasteiger partial charge in [0.1, 0.15) is 25.4 Å². The lowest BCUT2D eigenvalue weighted by atomic mass is 9.98. The Morgan fingerprint density at radius 1 is 1.17 bits per heavy atom. The summed E-state index contributed by atoms with van der Waals surface area (Å²) in [5, 5.41) is 9.81. The van der Waals surface area contributed by atoms with Gasteiger partial charge in [-0.1, -0.05) is 19.1 Å². The molecule has 0 radical (unpaired) electrons. The smallest absolute Gasteiger partial charge is 0.331 e. The zero-order valence-electron chi connectivity index (χ0n) is 16.7. The molecule has 0 aromatic heterocycles. The number of hydrogen-bond acceptors (Lipinski definition) is 7. The average Bonchev–Trinajstić information content (AvgIpc) is 2.75. The number of rotatable bonds is 10. The van der Waals surface area contributed by atoms with Crippen LogP contribution in [-0.2, 0) is 19.1 Å². The highest BCUT2D eigenvalue weighted by Gasteiger charge is 2.16. The molecular weight excluding hydrogens is 376 g/mol. The van der Waals surface area contributed by atoms with Crippen molar-refractivity contribution < 1.29 is 33.6 Å². The van der Waals surface area contributed by atoms with Gasteiger partial charge in [-0.15, -0.1) is 0 Å². The molecule has 1 aliphatic rings. The first-order valence-electron chi connectivity index (χ1n) is 9.68. The van der Waals surface area contributed by atoms with Crippen molar-refractivity contribution in [1.82, 2.24) is 0 Å². The summed E-state index contributed by atoms with van der Waals surface area (Å²) in [6, 6.07) is 5.14. The number of benzene rings is 1. The molecule has 1 aliphatic carbocycles. The Morgan fingerprint density at radius 3 is 2.62 bits per heavy atom. The number of esters is 2. The highest BCUT2D eigenvalue weighted by Crippen LogP contribution is 2.29. The van der Waals surface area contributed by atoms with Crippen LogP contribution in [0.5, 0.6) is 11.5 Å². The Morgan fingerprint density at radius 2 is 1.93 bits per heavy atom. The predicted molar refractivity (Wildman–Crippen MR) is 108 cm³/mol. The zero-order valence-corrected chi connectivity index (χ0v) is 16.7.